The molecule has 0 aliphatic heterocycles. The third kappa shape index (κ3) is 2.94. The van der Waals surface area contributed by atoms with E-state index in [2.05, 4.69) is 29.1 Å². The maximum atomic E-state index is 5.71. The summed E-state index contributed by atoms with van der Waals surface area (Å²) in [5.74, 6) is 0.783. The van der Waals surface area contributed by atoms with Crippen molar-refractivity contribution in [1.82, 2.24) is 9.97 Å². The third-order valence-corrected chi connectivity index (χ3v) is 3.76. The largest absolute Gasteiger partial charge is 0.399 e. The summed E-state index contributed by atoms with van der Waals surface area (Å²) in [6.07, 6.45) is 4.66. The van der Waals surface area contributed by atoms with Crippen molar-refractivity contribution in [2.24, 2.45) is 0 Å². The molecule has 3 N–H and O–H groups in total. The van der Waals surface area contributed by atoms with Crippen molar-refractivity contribution >= 4 is 22.8 Å². The highest BCUT2D eigenvalue weighted by atomic mass is 32.1. The first-order valence-electron chi connectivity index (χ1n) is 5.61. The van der Waals surface area contributed by atoms with Gasteiger partial charge in [-0.25, -0.2) is 9.97 Å². The molecule has 0 saturated carbocycles. The summed E-state index contributed by atoms with van der Waals surface area (Å²) in [4.78, 5) is 9.92. The lowest BCUT2D eigenvalue weighted by atomic mass is 10.3. The highest BCUT2D eigenvalue weighted by Gasteiger charge is 2.10. The molecule has 0 aromatic carbocycles. The molecule has 0 saturated heterocycles. The first-order chi connectivity index (χ1) is 8.19. The van der Waals surface area contributed by atoms with E-state index in [-0.39, 0.29) is 6.04 Å². The zero-order chi connectivity index (χ0) is 12.3. The van der Waals surface area contributed by atoms with Crippen LogP contribution in [0.4, 0.5) is 11.5 Å². The molecule has 2 aromatic rings. The van der Waals surface area contributed by atoms with E-state index in [0.717, 1.165) is 17.2 Å². The predicted molar refractivity (Wildman–Crippen MR) is 72.2 cm³/mol. The van der Waals surface area contributed by atoms with Gasteiger partial charge in [0.1, 0.15) is 10.8 Å². The molecule has 0 amide bonds. The topological polar surface area (TPSA) is 63.8 Å². The molecule has 4 nitrogen and oxygen atoms in total. The lowest BCUT2D eigenvalue weighted by Crippen LogP contribution is -2.07. The monoisotopic (exact) mass is 248 g/mol. The van der Waals surface area contributed by atoms with Crippen molar-refractivity contribution in [2.45, 2.75) is 26.3 Å². The number of aromatic nitrogens is 2. The average Bonchev–Trinajstić information content (AvgIpc) is 2.77. The predicted octanol–water partition coefficient (Wildman–Crippen LogP) is 2.86. The second-order valence-electron chi connectivity index (χ2n) is 3.86. The van der Waals surface area contributed by atoms with E-state index in [1.54, 1.807) is 23.6 Å². The van der Waals surface area contributed by atoms with Crippen LogP contribution in [0.3, 0.4) is 0 Å². The van der Waals surface area contributed by atoms with Crippen LogP contribution < -0.4 is 11.1 Å². The van der Waals surface area contributed by atoms with Gasteiger partial charge in [-0.05, 0) is 19.4 Å². The van der Waals surface area contributed by atoms with Crippen molar-refractivity contribution in [2.75, 3.05) is 11.1 Å². The minimum Gasteiger partial charge on any atom is -0.399 e. The van der Waals surface area contributed by atoms with Gasteiger partial charge in [0, 0.05) is 29.0 Å². The molecule has 17 heavy (non-hydrogen) atoms. The Kier molecular flexibility index (Phi) is 3.58. The molecule has 0 spiro atoms. The number of rotatable bonds is 4. The summed E-state index contributed by atoms with van der Waals surface area (Å²) >= 11 is 1.73. The number of nitrogens with two attached hydrogens (primary N) is 1. The van der Waals surface area contributed by atoms with Crippen LogP contribution in [-0.2, 0) is 6.42 Å². The van der Waals surface area contributed by atoms with Crippen LogP contribution in [0.1, 0.15) is 29.8 Å². The number of aryl methyl sites for hydroxylation is 1. The van der Waals surface area contributed by atoms with Crippen LogP contribution in [0.25, 0.3) is 0 Å². The molecule has 0 bridgehead atoms. The van der Waals surface area contributed by atoms with Crippen LogP contribution in [0.15, 0.2) is 24.5 Å². The Labute approximate surface area is 105 Å². The Balaban J connectivity index is 2.08. The maximum Gasteiger partial charge on any atom is 0.128 e. The van der Waals surface area contributed by atoms with Crippen molar-refractivity contribution in [3.05, 3.63) is 34.4 Å². The fraction of sp³-hybridized carbons (Fsp3) is 0.333. The lowest BCUT2D eigenvalue weighted by Gasteiger charge is -2.11. The number of thiazole rings is 1. The van der Waals surface area contributed by atoms with E-state index in [9.17, 15) is 0 Å². The quantitative estimate of drug-likeness (QED) is 0.873. The Morgan fingerprint density at radius 1 is 1.47 bits per heavy atom. The van der Waals surface area contributed by atoms with Gasteiger partial charge in [0.15, 0.2) is 0 Å². The molecule has 0 aliphatic carbocycles. The van der Waals surface area contributed by atoms with Crippen molar-refractivity contribution in [1.29, 1.82) is 0 Å². The number of nitrogens with zero attached hydrogens (tertiary/aromatic N) is 2. The molecule has 5 heteroatoms. The van der Waals surface area contributed by atoms with E-state index in [1.807, 2.05) is 12.3 Å². The fourth-order valence-electron chi connectivity index (χ4n) is 1.50. The molecule has 2 rings (SSSR count). The van der Waals surface area contributed by atoms with Crippen LogP contribution in [0, 0.1) is 0 Å². The first kappa shape index (κ1) is 11.9. The van der Waals surface area contributed by atoms with Gasteiger partial charge in [-0.15, -0.1) is 11.3 Å². The SMILES string of the molecule is CCc1cnc(C(C)Nc2cc(N)ccn2)s1. The summed E-state index contributed by atoms with van der Waals surface area (Å²) in [5.41, 5.74) is 6.42. The third-order valence-electron chi connectivity index (χ3n) is 2.44. The second-order valence-corrected chi connectivity index (χ2v) is 5.01. The smallest absolute Gasteiger partial charge is 0.128 e. The summed E-state index contributed by atoms with van der Waals surface area (Å²) in [7, 11) is 0. The number of pyridine rings is 1. The number of nitrogens with one attached hydrogen (secondary N) is 1. The summed E-state index contributed by atoms with van der Waals surface area (Å²) in [6, 6.07) is 3.74. The molecule has 2 aromatic heterocycles. The Hall–Kier alpha value is -1.62. The molecule has 2 heterocycles. The lowest BCUT2D eigenvalue weighted by molar-refractivity contribution is 0.861. The first-order valence-corrected chi connectivity index (χ1v) is 6.43. The number of nitrogen functional groups attached to an aromatic ring is 1. The zero-order valence-electron chi connectivity index (χ0n) is 9.97. The number of hydrogen-bond acceptors (Lipinski definition) is 5. The Bertz CT molecular complexity index is 495. The molecule has 0 fully saturated rings. The minimum atomic E-state index is 0.148. The van der Waals surface area contributed by atoms with E-state index < -0.39 is 0 Å². The van der Waals surface area contributed by atoms with Gasteiger partial charge >= 0.3 is 0 Å². The summed E-state index contributed by atoms with van der Waals surface area (Å²) in [6.45, 7) is 4.21. The fourth-order valence-corrected chi connectivity index (χ4v) is 2.36. The van der Waals surface area contributed by atoms with Crippen LogP contribution in [-0.4, -0.2) is 9.97 Å². The van der Waals surface area contributed by atoms with Crippen molar-refractivity contribution in [3.8, 4) is 0 Å². The molecular weight excluding hydrogens is 232 g/mol. The number of anilines is 2. The highest BCUT2D eigenvalue weighted by Crippen LogP contribution is 2.23. The highest BCUT2D eigenvalue weighted by molar-refractivity contribution is 7.11. The van der Waals surface area contributed by atoms with Gasteiger partial charge in [-0.3, -0.25) is 0 Å². The molecule has 1 unspecified atom stereocenters. The summed E-state index contributed by atoms with van der Waals surface area (Å²) in [5, 5.41) is 4.37. The maximum absolute atomic E-state index is 5.71. The van der Waals surface area contributed by atoms with Crippen LogP contribution >= 0.6 is 11.3 Å². The second kappa shape index (κ2) is 5.14. The van der Waals surface area contributed by atoms with Gasteiger partial charge in [0.05, 0.1) is 6.04 Å². The van der Waals surface area contributed by atoms with Crippen molar-refractivity contribution in [3.63, 3.8) is 0 Å². The molecule has 1 atom stereocenters. The average molecular weight is 248 g/mol. The minimum absolute atomic E-state index is 0.148. The van der Waals surface area contributed by atoms with Gasteiger partial charge in [0.25, 0.3) is 0 Å². The van der Waals surface area contributed by atoms with E-state index in [1.165, 1.54) is 4.88 Å². The van der Waals surface area contributed by atoms with Gasteiger partial charge in [-0.2, -0.15) is 0 Å². The van der Waals surface area contributed by atoms with Gasteiger partial charge in [0.2, 0.25) is 0 Å². The van der Waals surface area contributed by atoms with Crippen molar-refractivity contribution < 1.29 is 0 Å². The molecule has 0 aliphatic rings. The van der Waals surface area contributed by atoms with E-state index in [4.69, 9.17) is 5.73 Å². The Morgan fingerprint density at radius 3 is 2.94 bits per heavy atom. The normalized spacial score (nSPS) is 12.4. The summed E-state index contributed by atoms with van der Waals surface area (Å²) < 4.78 is 0. The van der Waals surface area contributed by atoms with Gasteiger partial charge < -0.3 is 11.1 Å². The molecular formula is C12H16N4S. The van der Waals surface area contributed by atoms with Crippen LogP contribution in [0.2, 0.25) is 0 Å². The zero-order valence-corrected chi connectivity index (χ0v) is 10.8. The molecule has 90 valence electrons. The van der Waals surface area contributed by atoms with E-state index in [0.29, 0.717) is 5.69 Å². The molecule has 0 radical (unpaired) electrons. The Morgan fingerprint density at radius 2 is 2.29 bits per heavy atom. The van der Waals surface area contributed by atoms with Crippen LogP contribution in [0.5, 0.6) is 0 Å². The standard InChI is InChI=1S/C12H16N4S/c1-3-10-7-15-12(17-10)8(2)16-11-6-9(13)4-5-14-11/h4-8H,3H2,1-2H3,(H3,13,14,16). The van der Waals surface area contributed by atoms with E-state index >= 15 is 0 Å². The number of hydrogen-bond donors (Lipinski definition) is 2. The van der Waals surface area contributed by atoms with Gasteiger partial charge in [-0.1, -0.05) is 6.92 Å².